The van der Waals surface area contributed by atoms with E-state index < -0.39 is 0 Å². The number of Topliss-reactive ketones (excluding diaryl/α,β-unsaturated/α-hetero) is 1. The number of nitrogens with one attached hydrogen (secondary N) is 1. The summed E-state index contributed by atoms with van der Waals surface area (Å²) in [6.45, 7) is 5.28. The molecule has 1 unspecified atom stereocenters. The van der Waals surface area contributed by atoms with E-state index in [0.29, 0.717) is 5.69 Å². The summed E-state index contributed by atoms with van der Waals surface area (Å²) in [5.41, 5.74) is 0.395. The van der Waals surface area contributed by atoms with Crippen molar-refractivity contribution in [3.05, 3.63) is 16.4 Å². The lowest BCUT2D eigenvalue weighted by molar-refractivity contribution is 0.0826. The molecule has 1 aliphatic rings. The van der Waals surface area contributed by atoms with Crippen LogP contribution >= 0.6 is 15.9 Å². The lowest BCUT2D eigenvalue weighted by atomic mass is 9.83. The molecule has 6 heteroatoms. The van der Waals surface area contributed by atoms with Gasteiger partial charge in [-0.05, 0) is 43.0 Å². The molecule has 2 heterocycles. The third-order valence-electron chi connectivity index (χ3n) is 3.69. The van der Waals surface area contributed by atoms with Crippen molar-refractivity contribution in [2.45, 2.75) is 19.9 Å². The molecule has 0 saturated carbocycles. The maximum absolute atomic E-state index is 12.8. The number of ketones is 1. The Morgan fingerprint density at radius 2 is 2.37 bits per heavy atom. The Labute approximate surface area is 122 Å². The van der Waals surface area contributed by atoms with E-state index in [9.17, 15) is 4.79 Å². The monoisotopic (exact) mass is 328 g/mol. The van der Waals surface area contributed by atoms with Crippen LogP contribution in [0.5, 0.6) is 0 Å². The highest BCUT2D eigenvalue weighted by molar-refractivity contribution is 9.10. The maximum Gasteiger partial charge on any atom is 0.189 e. The first-order chi connectivity index (χ1) is 8.94. The summed E-state index contributed by atoms with van der Waals surface area (Å²) in [6, 6.07) is 0. The Balaban J connectivity index is 2.23. The van der Waals surface area contributed by atoms with Gasteiger partial charge in [0.1, 0.15) is 5.69 Å². The summed E-state index contributed by atoms with van der Waals surface area (Å²) >= 11 is 3.46. The first-order valence-corrected chi connectivity index (χ1v) is 7.35. The minimum absolute atomic E-state index is 0.181. The molecule has 19 heavy (non-hydrogen) atoms. The van der Waals surface area contributed by atoms with Gasteiger partial charge in [-0.25, -0.2) is 0 Å². The fraction of sp³-hybridized carbons (Fsp3) is 0.692. The molecule has 106 valence electrons. The third-order valence-corrected chi connectivity index (χ3v) is 4.27. The maximum atomic E-state index is 12.8. The Kier molecular flexibility index (Phi) is 4.43. The van der Waals surface area contributed by atoms with E-state index in [1.807, 2.05) is 25.7 Å². The van der Waals surface area contributed by atoms with Crippen LogP contribution in [0.3, 0.4) is 0 Å². The molecular weight excluding hydrogens is 308 g/mol. The normalized spacial score (nSPS) is 23.2. The highest BCUT2D eigenvalue weighted by Crippen LogP contribution is 2.31. The standard InChI is InChI=1S/C13H21BrN4O/c1-13(4-5-15-9-13)12(19)11-10(14)8-16-18(11)7-6-17(2)3/h8,15H,4-7,9H2,1-3H3. The molecule has 1 fully saturated rings. The van der Waals surface area contributed by atoms with Crippen LogP contribution in [0.15, 0.2) is 10.7 Å². The number of carbonyl (C=O) groups is 1. The average Bonchev–Trinajstić information content (AvgIpc) is 2.93. The van der Waals surface area contributed by atoms with E-state index in [-0.39, 0.29) is 11.2 Å². The lowest BCUT2D eigenvalue weighted by Crippen LogP contribution is -2.33. The summed E-state index contributed by atoms with van der Waals surface area (Å²) in [7, 11) is 4.03. The fourth-order valence-corrected chi connectivity index (χ4v) is 2.83. The van der Waals surface area contributed by atoms with Crippen LogP contribution in [0.2, 0.25) is 0 Å². The minimum Gasteiger partial charge on any atom is -0.316 e. The van der Waals surface area contributed by atoms with E-state index in [4.69, 9.17) is 0 Å². The van der Waals surface area contributed by atoms with Gasteiger partial charge in [-0.15, -0.1) is 0 Å². The largest absolute Gasteiger partial charge is 0.316 e. The summed E-state index contributed by atoms with van der Waals surface area (Å²) < 4.78 is 2.61. The third kappa shape index (κ3) is 3.07. The second kappa shape index (κ2) is 5.73. The van der Waals surface area contributed by atoms with Crippen molar-refractivity contribution in [3.63, 3.8) is 0 Å². The van der Waals surface area contributed by atoms with Gasteiger partial charge in [-0.1, -0.05) is 6.92 Å². The fourth-order valence-electron chi connectivity index (χ4n) is 2.35. The smallest absolute Gasteiger partial charge is 0.189 e. The zero-order valence-electron chi connectivity index (χ0n) is 11.7. The van der Waals surface area contributed by atoms with Gasteiger partial charge in [-0.3, -0.25) is 9.48 Å². The zero-order chi connectivity index (χ0) is 14.0. The lowest BCUT2D eigenvalue weighted by Gasteiger charge is -2.22. The van der Waals surface area contributed by atoms with Crippen LogP contribution in [-0.2, 0) is 6.54 Å². The molecule has 1 N–H and O–H groups in total. The molecule has 1 aromatic rings. The number of hydrogen-bond acceptors (Lipinski definition) is 4. The zero-order valence-corrected chi connectivity index (χ0v) is 13.3. The van der Waals surface area contributed by atoms with Crippen molar-refractivity contribution < 1.29 is 4.79 Å². The number of nitrogens with zero attached hydrogens (tertiary/aromatic N) is 3. The molecule has 1 atom stereocenters. The van der Waals surface area contributed by atoms with Crippen LogP contribution in [0, 0.1) is 5.41 Å². The molecular formula is C13H21BrN4O. The highest BCUT2D eigenvalue weighted by Gasteiger charge is 2.39. The van der Waals surface area contributed by atoms with Crippen LogP contribution in [-0.4, -0.2) is 54.2 Å². The first-order valence-electron chi connectivity index (χ1n) is 6.55. The molecule has 1 aromatic heterocycles. The number of hydrogen-bond donors (Lipinski definition) is 1. The van der Waals surface area contributed by atoms with Gasteiger partial charge in [0.15, 0.2) is 5.78 Å². The minimum atomic E-state index is -0.307. The molecule has 5 nitrogen and oxygen atoms in total. The summed E-state index contributed by atoms with van der Waals surface area (Å²) in [5, 5.41) is 7.58. The predicted octanol–water partition coefficient (Wildman–Crippen LogP) is 1.39. The van der Waals surface area contributed by atoms with Crippen molar-refractivity contribution in [2.75, 3.05) is 33.7 Å². The Bertz CT molecular complexity index is 463. The molecule has 0 bridgehead atoms. The SMILES string of the molecule is CN(C)CCn1ncc(Br)c1C(=O)C1(C)CCNC1. The van der Waals surface area contributed by atoms with Gasteiger partial charge < -0.3 is 10.2 Å². The predicted molar refractivity (Wildman–Crippen MR) is 78.4 cm³/mol. The van der Waals surface area contributed by atoms with E-state index >= 15 is 0 Å². The van der Waals surface area contributed by atoms with E-state index in [2.05, 4.69) is 31.2 Å². The van der Waals surface area contributed by atoms with Crippen LogP contribution < -0.4 is 5.32 Å². The van der Waals surface area contributed by atoms with Gasteiger partial charge >= 0.3 is 0 Å². The number of carbonyl (C=O) groups excluding carboxylic acids is 1. The molecule has 1 aliphatic heterocycles. The van der Waals surface area contributed by atoms with Gasteiger partial charge in [0.05, 0.1) is 17.2 Å². The van der Waals surface area contributed by atoms with Crippen molar-refractivity contribution >= 4 is 21.7 Å². The highest BCUT2D eigenvalue weighted by atomic mass is 79.9. The average molecular weight is 329 g/mol. The van der Waals surface area contributed by atoms with Crippen molar-refractivity contribution in [1.29, 1.82) is 0 Å². The molecule has 2 rings (SSSR count). The van der Waals surface area contributed by atoms with Crippen molar-refractivity contribution in [2.24, 2.45) is 5.41 Å². The van der Waals surface area contributed by atoms with Gasteiger partial charge in [0.2, 0.25) is 0 Å². The van der Waals surface area contributed by atoms with Crippen LogP contribution in [0.4, 0.5) is 0 Å². The molecule has 0 radical (unpaired) electrons. The quantitative estimate of drug-likeness (QED) is 0.830. The molecule has 0 spiro atoms. The van der Waals surface area contributed by atoms with Crippen molar-refractivity contribution in [1.82, 2.24) is 20.0 Å². The second-order valence-corrected chi connectivity index (χ2v) is 6.54. The molecule has 0 aromatic carbocycles. The van der Waals surface area contributed by atoms with E-state index in [1.165, 1.54) is 0 Å². The Hall–Kier alpha value is -0.720. The van der Waals surface area contributed by atoms with E-state index in [0.717, 1.165) is 37.1 Å². The Morgan fingerprint density at radius 3 is 2.95 bits per heavy atom. The van der Waals surface area contributed by atoms with Gasteiger partial charge in [-0.2, -0.15) is 5.10 Å². The number of aromatic nitrogens is 2. The summed E-state index contributed by atoms with van der Waals surface area (Å²) in [6.07, 6.45) is 2.60. The van der Waals surface area contributed by atoms with Gasteiger partial charge in [0, 0.05) is 18.5 Å². The number of likely N-dealkylation sites (N-methyl/N-ethyl adjacent to an activating group) is 1. The topological polar surface area (TPSA) is 50.2 Å². The van der Waals surface area contributed by atoms with Crippen LogP contribution in [0.1, 0.15) is 23.8 Å². The van der Waals surface area contributed by atoms with Gasteiger partial charge in [0.25, 0.3) is 0 Å². The second-order valence-electron chi connectivity index (χ2n) is 5.68. The van der Waals surface area contributed by atoms with Crippen LogP contribution in [0.25, 0.3) is 0 Å². The van der Waals surface area contributed by atoms with Crippen molar-refractivity contribution in [3.8, 4) is 0 Å². The van der Waals surface area contributed by atoms with E-state index in [1.54, 1.807) is 6.20 Å². The first kappa shape index (κ1) is 14.7. The number of rotatable bonds is 5. The molecule has 0 aliphatic carbocycles. The number of halogens is 1. The summed E-state index contributed by atoms with van der Waals surface area (Å²) in [5.74, 6) is 0.181. The Morgan fingerprint density at radius 1 is 1.63 bits per heavy atom. The summed E-state index contributed by atoms with van der Waals surface area (Å²) in [4.78, 5) is 14.9. The molecule has 1 saturated heterocycles. The molecule has 0 amide bonds.